The maximum absolute atomic E-state index is 12.3. The Morgan fingerprint density at radius 2 is 1.63 bits per heavy atom. The van der Waals surface area contributed by atoms with Crippen LogP contribution in [0.15, 0.2) is 12.7 Å². The van der Waals surface area contributed by atoms with Crippen molar-refractivity contribution in [2.24, 2.45) is 11.5 Å². The minimum absolute atomic E-state index is 0.00803. The number of hydrogen-bond donors (Lipinski definition) is 5. The number of aldehydes is 1. The number of ketones is 2. The van der Waals surface area contributed by atoms with E-state index in [1.54, 1.807) is 27.8 Å². The molecule has 0 aromatic heterocycles. The third-order valence-corrected chi connectivity index (χ3v) is 4.69. The molecule has 0 aliphatic heterocycles. The number of carbonyl (C=O) groups is 6. The van der Waals surface area contributed by atoms with Crippen LogP contribution in [0.5, 0.6) is 0 Å². The first-order valence-electron chi connectivity index (χ1n) is 12.2. The van der Waals surface area contributed by atoms with Gasteiger partial charge in [-0.25, -0.2) is 4.79 Å². The van der Waals surface area contributed by atoms with Crippen molar-refractivity contribution in [3.05, 3.63) is 12.7 Å². The molecule has 216 valence electrons. The van der Waals surface area contributed by atoms with Crippen molar-refractivity contribution in [2.45, 2.75) is 83.0 Å². The second-order valence-electron chi connectivity index (χ2n) is 9.14. The third kappa shape index (κ3) is 18.9. The second-order valence-corrected chi connectivity index (χ2v) is 9.14. The number of likely N-dealkylation sites (N-methyl/N-ethyl adjacent to an activating group) is 1. The van der Waals surface area contributed by atoms with E-state index in [9.17, 15) is 28.8 Å². The number of hydrogen-bond acceptors (Lipinski definition) is 12. The van der Waals surface area contributed by atoms with Crippen LogP contribution in [0, 0.1) is 5.41 Å². The summed E-state index contributed by atoms with van der Waals surface area (Å²) in [6, 6.07) is -2.41. The molecule has 0 aromatic rings. The Kier molecular flexibility index (Phi) is 20.1. The molecular weight excluding hydrogens is 498 g/mol. The molecule has 0 heterocycles. The standard InChI is InChI=1S/C16H26N4O5.C9H17NO3/c1-3-8-25-16(24)14(7-5-12(22)10-18)20-15(23)13(19-2)6-4-11(21)9-17;1-9(2,3)13-8(12)7(10)5-4-6-11/h3,10,13-14,18-19H,1,4-9,17H2,2H3,(H,20,23);6-7H,4-5,10H2,1-3H3. The van der Waals surface area contributed by atoms with Crippen molar-refractivity contribution in [2.75, 3.05) is 20.2 Å². The molecule has 0 aliphatic rings. The lowest BCUT2D eigenvalue weighted by atomic mass is 10.1. The van der Waals surface area contributed by atoms with Gasteiger partial charge in [0.15, 0.2) is 5.78 Å². The Bertz CT molecular complexity index is 810. The molecule has 3 unspecified atom stereocenters. The highest BCUT2D eigenvalue weighted by Gasteiger charge is 2.26. The summed E-state index contributed by atoms with van der Waals surface area (Å²) >= 11 is 0. The molecule has 0 spiro atoms. The summed E-state index contributed by atoms with van der Waals surface area (Å²) in [5, 5.41) is 12.2. The van der Waals surface area contributed by atoms with Gasteiger partial charge >= 0.3 is 11.9 Å². The lowest BCUT2D eigenvalue weighted by molar-refractivity contribution is -0.156. The first-order valence-corrected chi connectivity index (χ1v) is 12.2. The normalized spacial score (nSPS) is 12.9. The van der Waals surface area contributed by atoms with Crippen LogP contribution in [0.25, 0.3) is 0 Å². The molecule has 7 N–H and O–H groups in total. The highest BCUT2D eigenvalue weighted by Crippen LogP contribution is 2.09. The molecule has 3 atom stereocenters. The van der Waals surface area contributed by atoms with Gasteiger partial charge in [0.25, 0.3) is 0 Å². The number of nitrogens with two attached hydrogens (primary N) is 2. The van der Waals surface area contributed by atoms with Crippen LogP contribution in [0.1, 0.15) is 59.3 Å². The van der Waals surface area contributed by atoms with E-state index in [1.165, 1.54) is 6.08 Å². The van der Waals surface area contributed by atoms with E-state index in [0.717, 1.165) is 6.29 Å². The van der Waals surface area contributed by atoms with Gasteiger partial charge in [0.2, 0.25) is 5.91 Å². The Labute approximate surface area is 223 Å². The maximum atomic E-state index is 12.3. The zero-order valence-corrected chi connectivity index (χ0v) is 22.7. The van der Waals surface area contributed by atoms with E-state index in [1.807, 2.05) is 0 Å². The van der Waals surface area contributed by atoms with Crippen LogP contribution in [-0.2, 0) is 38.2 Å². The number of esters is 2. The van der Waals surface area contributed by atoms with E-state index in [4.69, 9.17) is 26.4 Å². The molecule has 0 saturated carbocycles. The minimum atomic E-state index is -1.03. The number of Topliss-reactive ketones (excluding diaryl/α,β-unsaturated/α-hetero) is 2. The quantitative estimate of drug-likeness (QED) is 0.0657. The van der Waals surface area contributed by atoms with E-state index in [-0.39, 0.29) is 44.6 Å². The van der Waals surface area contributed by atoms with Gasteiger partial charge in [0.1, 0.15) is 36.4 Å². The van der Waals surface area contributed by atoms with Gasteiger partial charge in [-0.15, -0.1) is 0 Å². The Morgan fingerprint density at radius 1 is 1.03 bits per heavy atom. The van der Waals surface area contributed by atoms with Crippen LogP contribution in [-0.4, -0.2) is 85.8 Å². The van der Waals surface area contributed by atoms with Crippen LogP contribution in [0.2, 0.25) is 0 Å². The molecule has 0 rings (SSSR count). The molecule has 0 radical (unpaired) electrons. The van der Waals surface area contributed by atoms with E-state index < -0.39 is 47.4 Å². The molecule has 0 bridgehead atoms. The van der Waals surface area contributed by atoms with Gasteiger partial charge < -0.3 is 41.8 Å². The third-order valence-electron chi connectivity index (χ3n) is 4.69. The van der Waals surface area contributed by atoms with Crippen molar-refractivity contribution >= 4 is 41.9 Å². The van der Waals surface area contributed by atoms with Crippen LogP contribution in [0.4, 0.5) is 0 Å². The molecule has 0 fully saturated rings. The van der Waals surface area contributed by atoms with E-state index in [2.05, 4.69) is 17.2 Å². The number of rotatable bonds is 18. The monoisotopic (exact) mass is 541 g/mol. The smallest absolute Gasteiger partial charge is 0.328 e. The van der Waals surface area contributed by atoms with Gasteiger partial charge in [0, 0.05) is 19.3 Å². The fourth-order valence-electron chi connectivity index (χ4n) is 2.68. The van der Waals surface area contributed by atoms with Gasteiger partial charge in [-0.05, 0) is 47.1 Å². The Balaban J connectivity index is 0. The lowest BCUT2D eigenvalue weighted by Gasteiger charge is -2.21. The van der Waals surface area contributed by atoms with Crippen LogP contribution in [0.3, 0.4) is 0 Å². The fourth-order valence-corrected chi connectivity index (χ4v) is 2.68. The van der Waals surface area contributed by atoms with E-state index in [0.29, 0.717) is 19.1 Å². The summed E-state index contributed by atoms with van der Waals surface area (Å²) in [6.45, 7) is 8.64. The largest absolute Gasteiger partial charge is 0.460 e. The second kappa shape index (κ2) is 20.7. The maximum Gasteiger partial charge on any atom is 0.328 e. The van der Waals surface area contributed by atoms with Gasteiger partial charge in [0.05, 0.1) is 18.8 Å². The summed E-state index contributed by atoms with van der Waals surface area (Å²) < 4.78 is 9.93. The fraction of sp³-hybridized carbons (Fsp3) is 0.640. The molecule has 13 nitrogen and oxygen atoms in total. The summed E-state index contributed by atoms with van der Waals surface area (Å²) in [4.78, 5) is 68.1. The van der Waals surface area contributed by atoms with Crippen molar-refractivity contribution in [1.29, 1.82) is 5.41 Å². The zero-order chi connectivity index (χ0) is 29.7. The minimum Gasteiger partial charge on any atom is -0.460 e. The van der Waals surface area contributed by atoms with Gasteiger partial charge in [-0.2, -0.15) is 0 Å². The summed E-state index contributed by atoms with van der Waals surface area (Å²) in [6.07, 6.45) is 3.71. The van der Waals surface area contributed by atoms with Crippen molar-refractivity contribution in [3.8, 4) is 0 Å². The SMILES string of the molecule is C=CCOC(=O)C(CCC(=O)C=N)NC(=O)C(CCC(=O)CN)NC.CC(C)(C)OC(=O)C(N)CCC=O. The number of nitrogens with one attached hydrogen (secondary N) is 3. The Hall–Kier alpha value is -3.29. The van der Waals surface area contributed by atoms with Crippen molar-refractivity contribution < 1.29 is 38.2 Å². The molecule has 0 aromatic carbocycles. The van der Waals surface area contributed by atoms with Crippen molar-refractivity contribution in [3.63, 3.8) is 0 Å². The number of carbonyl (C=O) groups excluding carboxylic acids is 6. The molecule has 38 heavy (non-hydrogen) atoms. The first-order chi connectivity index (χ1) is 17.8. The molecule has 1 amide bonds. The number of ether oxygens (including phenoxy) is 2. The molecule has 13 heteroatoms. The molecule has 0 saturated heterocycles. The molecular formula is C25H43N5O8. The predicted octanol–water partition coefficient (Wildman–Crippen LogP) is -0.270. The summed E-state index contributed by atoms with van der Waals surface area (Å²) in [5.41, 5.74) is 10.2. The summed E-state index contributed by atoms with van der Waals surface area (Å²) in [7, 11) is 1.56. The zero-order valence-electron chi connectivity index (χ0n) is 22.7. The highest BCUT2D eigenvalue weighted by molar-refractivity contribution is 6.26. The Morgan fingerprint density at radius 3 is 2.11 bits per heavy atom. The van der Waals surface area contributed by atoms with E-state index >= 15 is 0 Å². The first kappa shape index (κ1) is 36.9. The summed E-state index contributed by atoms with van der Waals surface area (Å²) in [5.74, 6) is -2.27. The van der Waals surface area contributed by atoms with Crippen molar-refractivity contribution in [1.82, 2.24) is 10.6 Å². The lowest BCUT2D eigenvalue weighted by Crippen LogP contribution is -2.50. The average molecular weight is 542 g/mol. The molecule has 0 aliphatic carbocycles. The van der Waals surface area contributed by atoms with Gasteiger partial charge in [-0.1, -0.05) is 12.7 Å². The highest BCUT2D eigenvalue weighted by atomic mass is 16.6. The van der Waals surface area contributed by atoms with Crippen LogP contribution >= 0.6 is 0 Å². The average Bonchev–Trinajstić information content (AvgIpc) is 2.87. The van der Waals surface area contributed by atoms with Gasteiger partial charge in [-0.3, -0.25) is 19.2 Å². The van der Waals surface area contributed by atoms with Crippen LogP contribution < -0.4 is 22.1 Å². The topological polar surface area (TPSA) is 221 Å². The number of amides is 1. The predicted molar refractivity (Wildman–Crippen MR) is 141 cm³/mol.